The third-order valence-corrected chi connectivity index (χ3v) is 3.11. The molecule has 7 heteroatoms. The first-order valence-electron chi connectivity index (χ1n) is 3.68. The predicted octanol–water partition coefficient (Wildman–Crippen LogP) is -1.55. The summed E-state index contributed by atoms with van der Waals surface area (Å²) in [6.45, 7) is 0.787. The maximum atomic E-state index is 11.1. The van der Waals surface area contributed by atoms with Crippen molar-refractivity contribution in [2.24, 2.45) is 0 Å². The summed E-state index contributed by atoms with van der Waals surface area (Å²) in [6.07, 6.45) is -0.00116. The van der Waals surface area contributed by atoms with Gasteiger partial charge in [0.25, 0.3) is 10.1 Å². The first-order valence-corrected chi connectivity index (χ1v) is 5.15. The van der Waals surface area contributed by atoms with Gasteiger partial charge in [-0.2, -0.15) is 8.42 Å². The SMILES string of the molecule is CCOS(=O)(=O)C(CO)CCO.[NaH]. The molecule has 0 heterocycles. The van der Waals surface area contributed by atoms with Gasteiger partial charge < -0.3 is 10.2 Å². The van der Waals surface area contributed by atoms with Gasteiger partial charge in [0.2, 0.25) is 0 Å². The number of aliphatic hydroxyl groups excluding tert-OH is 2. The van der Waals surface area contributed by atoms with Crippen molar-refractivity contribution in [3.63, 3.8) is 0 Å². The van der Waals surface area contributed by atoms with Gasteiger partial charge in [-0.3, -0.25) is 4.18 Å². The molecule has 0 aliphatic carbocycles. The topological polar surface area (TPSA) is 83.8 Å². The van der Waals surface area contributed by atoms with Gasteiger partial charge in [-0.25, -0.2) is 0 Å². The molecule has 0 amide bonds. The molecular formula is C6H15NaO5S. The summed E-state index contributed by atoms with van der Waals surface area (Å²) in [7, 11) is -3.69. The van der Waals surface area contributed by atoms with E-state index >= 15 is 0 Å². The summed E-state index contributed by atoms with van der Waals surface area (Å²) in [5.74, 6) is 0. The van der Waals surface area contributed by atoms with Crippen LogP contribution in [0.15, 0.2) is 0 Å². The van der Waals surface area contributed by atoms with Crippen LogP contribution in [0, 0.1) is 0 Å². The van der Waals surface area contributed by atoms with Crippen molar-refractivity contribution in [1.82, 2.24) is 0 Å². The average molecular weight is 222 g/mol. The van der Waals surface area contributed by atoms with Gasteiger partial charge in [0.15, 0.2) is 0 Å². The van der Waals surface area contributed by atoms with E-state index in [2.05, 4.69) is 4.18 Å². The first-order chi connectivity index (χ1) is 5.58. The van der Waals surface area contributed by atoms with E-state index < -0.39 is 22.0 Å². The molecule has 0 aromatic heterocycles. The van der Waals surface area contributed by atoms with Crippen LogP contribution in [-0.2, 0) is 14.3 Å². The van der Waals surface area contributed by atoms with Gasteiger partial charge >= 0.3 is 29.6 Å². The van der Waals surface area contributed by atoms with E-state index in [0.717, 1.165) is 0 Å². The molecule has 0 radical (unpaired) electrons. The number of hydrogen-bond donors (Lipinski definition) is 2. The predicted molar refractivity (Wildman–Crippen MR) is 50.3 cm³/mol. The Hall–Kier alpha value is 0.830. The summed E-state index contributed by atoms with van der Waals surface area (Å²) in [4.78, 5) is 0. The number of hydrogen-bond acceptors (Lipinski definition) is 5. The summed E-state index contributed by atoms with van der Waals surface area (Å²) in [5, 5.41) is 16.1. The third-order valence-electron chi connectivity index (χ3n) is 1.35. The van der Waals surface area contributed by atoms with Crippen molar-refractivity contribution < 1.29 is 22.8 Å². The van der Waals surface area contributed by atoms with E-state index in [0.29, 0.717) is 0 Å². The molecule has 0 fully saturated rings. The molecule has 5 nitrogen and oxygen atoms in total. The van der Waals surface area contributed by atoms with Crippen molar-refractivity contribution in [1.29, 1.82) is 0 Å². The Bertz CT molecular complexity index is 203. The fourth-order valence-electron chi connectivity index (χ4n) is 0.731. The van der Waals surface area contributed by atoms with E-state index in [-0.39, 0.29) is 49.2 Å². The second-order valence-electron chi connectivity index (χ2n) is 2.22. The van der Waals surface area contributed by atoms with Crippen LogP contribution in [0.1, 0.15) is 13.3 Å². The fraction of sp³-hybridized carbons (Fsp3) is 1.00. The zero-order chi connectivity index (χ0) is 9.61. The van der Waals surface area contributed by atoms with Gasteiger partial charge in [-0.05, 0) is 13.3 Å². The molecule has 0 aliphatic heterocycles. The summed E-state index contributed by atoms with van der Waals surface area (Å²) >= 11 is 0. The molecule has 76 valence electrons. The minimum atomic E-state index is -3.69. The fourth-order valence-corrected chi connectivity index (χ4v) is 1.83. The molecular weight excluding hydrogens is 207 g/mol. The first kappa shape index (κ1) is 16.3. The number of aliphatic hydroxyl groups is 2. The van der Waals surface area contributed by atoms with Gasteiger partial charge in [0, 0.05) is 6.61 Å². The van der Waals surface area contributed by atoms with E-state index in [1.807, 2.05) is 0 Å². The molecule has 1 atom stereocenters. The van der Waals surface area contributed by atoms with Gasteiger partial charge in [0.05, 0.1) is 13.2 Å². The van der Waals surface area contributed by atoms with Crippen LogP contribution in [0.25, 0.3) is 0 Å². The normalized spacial score (nSPS) is 13.5. The molecule has 0 bridgehead atoms. The Labute approximate surface area is 101 Å². The molecule has 1 unspecified atom stereocenters. The average Bonchev–Trinajstić information content (AvgIpc) is 1.99. The van der Waals surface area contributed by atoms with Crippen LogP contribution in [0.2, 0.25) is 0 Å². The Morgan fingerprint density at radius 1 is 1.38 bits per heavy atom. The minimum absolute atomic E-state index is 0. The van der Waals surface area contributed by atoms with Crippen molar-refractivity contribution in [2.75, 3.05) is 19.8 Å². The zero-order valence-electron chi connectivity index (χ0n) is 6.93. The van der Waals surface area contributed by atoms with Crippen LogP contribution >= 0.6 is 0 Å². The van der Waals surface area contributed by atoms with E-state index in [9.17, 15) is 8.42 Å². The monoisotopic (exact) mass is 222 g/mol. The van der Waals surface area contributed by atoms with E-state index in [1.165, 1.54) is 0 Å². The van der Waals surface area contributed by atoms with Gasteiger partial charge in [0.1, 0.15) is 5.25 Å². The molecule has 0 aromatic carbocycles. The second-order valence-corrected chi connectivity index (χ2v) is 4.10. The molecule has 2 N–H and O–H groups in total. The van der Waals surface area contributed by atoms with Gasteiger partial charge in [-0.1, -0.05) is 0 Å². The number of rotatable bonds is 6. The molecule has 0 aliphatic rings. The molecule has 0 rings (SSSR count). The van der Waals surface area contributed by atoms with Crippen molar-refractivity contribution in [2.45, 2.75) is 18.6 Å². The van der Waals surface area contributed by atoms with Crippen LogP contribution in [0.4, 0.5) is 0 Å². The Morgan fingerprint density at radius 3 is 2.23 bits per heavy atom. The van der Waals surface area contributed by atoms with Crippen LogP contribution in [0.5, 0.6) is 0 Å². The summed E-state index contributed by atoms with van der Waals surface area (Å²) < 4.78 is 26.6. The molecule has 13 heavy (non-hydrogen) atoms. The van der Waals surface area contributed by atoms with Crippen LogP contribution in [0.3, 0.4) is 0 Å². The Kier molecular flexibility index (Phi) is 10.2. The zero-order valence-corrected chi connectivity index (χ0v) is 7.75. The van der Waals surface area contributed by atoms with Gasteiger partial charge in [-0.15, -0.1) is 0 Å². The Morgan fingerprint density at radius 2 is 1.92 bits per heavy atom. The molecule has 0 saturated heterocycles. The molecule has 0 aromatic rings. The maximum absolute atomic E-state index is 11.1. The van der Waals surface area contributed by atoms with Crippen LogP contribution < -0.4 is 0 Å². The summed E-state index contributed by atoms with van der Waals surface area (Å²) in [6, 6.07) is 0. The molecule has 0 saturated carbocycles. The van der Waals surface area contributed by atoms with Crippen LogP contribution in [-0.4, -0.2) is 73.3 Å². The quantitative estimate of drug-likeness (QED) is 0.420. The van der Waals surface area contributed by atoms with Crippen molar-refractivity contribution in [3.05, 3.63) is 0 Å². The van der Waals surface area contributed by atoms with E-state index in [1.54, 1.807) is 6.92 Å². The standard InChI is InChI=1S/C6H14O5S.Na.H/c1-2-11-12(9,10)6(5-8)3-4-7;;/h6-8H,2-5H2,1H3;;. The van der Waals surface area contributed by atoms with Crippen molar-refractivity contribution in [3.8, 4) is 0 Å². The van der Waals surface area contributed by atoms with Crippen molar-refractivity contribution >= 4 is 39.7 Å². The second kappa shape index (κ2) is 8.16. The Balaban J connectivity index is 0. The van der Waals surface area contributed by atoms with E-state index in [4.69, 9.17) is 10.2 Å². The third kappa shape index (κ3) is 6.01. The summed E-state index contributed by atoms with van der Waals surface area (Å²) in [5.41, 5.74) is 0. The molecule has 0 spiro atoms.